The maximum Gasteiger partial charge on any atom is 0.335 e. The van der Waals surface area contributed by atoms with Crippen LogP contribution >= 0.6 is 0 Å². The quantitative estimate of drug-likeness (QED) is 0.487. The first-order valence-corrected chi connectivity index (χ1v) is 3.14. The molecule has 0 amide bonds. The molecule has 0 aliphatic carbocycles. The summed E-state index contributed by atoms with van der Waals surface area (Å²) >= 11 is 0. The summed E-state index contributed by atoms with van der Waals surface area (Å²) in [6, 6.07) is 0. The molecule has 1 heterocycles. The van der Waals surface area contributed by atoms with Crippen molar-refractivity contribution in [3.63, 3.8) is 0 Å². The van der Waals surface area contributed by atoms with Gasteiger partial charge in [-0.15, -0.1) is 0 Å². The van der Waals surface area contributed by atoms with Gasteiger partial charge in [0.1, 0.15) is 0 Å². The van der Waals surface area contributed by atoms with Crippen LogP contribution < -0.4 is 0 Å². The average molecular weight is 169 g/mol. The summed E-state index contributed by atoms with van der Waals surface area (Å²) < 4.78 is 4.82. The SMILES string of the molecule is CCC[C@@H]1O[C@H]1C(=O)O.[K]. The van der Waals surface area contributed by atoms with Crippen molar-refractivity contribution in [2.75, 3.05) is 0 Å². The minimum Gasteiger partial charge on any atom is -0.479 e. The molecule has 1 aliphatic heterocycles. The third kappa shape index (κ3) is 2.98. The first-order valence-electron chi connectivity index (χ1n) is 3.14. The molecule has 0 aromatic rings. The second kappa shape index (κ2) is 4.85. The number of epoxide rings is 1. The van der Waals surface area contributed by atoms with E-state index in [4.69, 9.17) is 9.84 Å². The van der Waals surface area contributed by atoms with Gasteiger partial charge in [-0.05, 0) is 6.42 Å². The van der Waals surface area contributed by atoms with Crippen LogP contribution in [0.15, 0.2) is 0 Å². The van der Waals surface area contributed by atoms with E-state index in [-0.39, 0.29) is 57.5 Å². The summed E-state index contributed by atoms with van der Waals surface area (Å²) in [5.41, 5.74) is 0. The van der Waals surface area contributed by atoms with Crippen LogP contribution in [0.4, 0.5) is 0 Å². The molecule has 53 valence electrons. The number of hydrogen-bond donors (Lipinski definition) is 1. The van der Waals surface area contributed by atoms with E-state index in [9.17, 15) is 4.79 Å². The monoisotopic (exact) mass is 169 g/mol. The van der Waals surface area contributed by atoms with Gasteiger partial charge in [0.2, 0.25) is 0 Å². The van der Waals surface area contributed by atoms with Gasteiger partial charge in [-0.25, -0.2) is 4.79 Å². The van der Waals surface area contributed by atoms with E-state index in [0.717, 1.165) is 12.8 Å². The number of carboxylic acids is 1. The van der Waals surface area contributed by atoms with E-state index in [1.165, 1.54) is 0 Å². The van der Waals surface area contributed by atoms with E-state index in [1.807, 2.05) is 6.92 Å². The zero-order valence-corrected chi connectivity index (χ0v) is 9.46. The van der Waals surface area contributed by atoms with Crippen LogP contribution in [-0.2, 0) is 9.53 Å². The van der Waals surface area contributed by atoms with E-state index in [2.05, 4.69) is 0 Å². The molecule has 0 bridgehead atoms. The Morgan fingerprint density at radius 1 is 1.70 bits per heavy atom. The van der Waals surface area contributed by atoms with Crippen LogP contribution in [0.25, 0.3) is 0 Å². The molecule has 0 unspecified atom stereocenters. The summed E-state index contributed by atoms with van der Waals surface area (Å²) in [4.78, 5) is 10.1. The number of ether oxygens (including phenoxy) is 1. The predicted octanol–water partition coefficient (Wildman–Crippen LogP) is 0.258. The van der Waals surface area contributed by atoms with Crippen molar-refractivity contribution in [2.24, 2.45) is 0 Å². The van der Waals surface area contributed by atoms with Crippen molar-refractivity contribution in [2.45, 2.75) is 32.0 Å². The van der Waals surface area contributed by atoms with Crippen LogP contribution in [0.5, 0.6) is 0 Å². The van der Waals surface area contributed by atoms with Gasteiger partial charge in [0, 0.05) is 51.4 Å². The van der Waals surface area contributed by atoms with Gasteiger partial charge in [0.15, 0.2) is 6.10 Å². The molecule has 1 radical (unpaired) electrons. The fourth-order valence-corrected chi connectivity index (χ4v) is 0.864. The molecule has 0 aromatic heterocycles. The molecule has 1 aliphatic rings. The molecule has 0 saturated carbocycles. The Morgan fingerprint density at radius 2 is 2.30 bits per heavy atom. The number of carboxylic acid groups (broad SMARTS) is 1. The first-order chi connectivity index (χ1) is 4.25. The number of carbonyl (C=O) groups is 1. The van der Waals surface area contributed by atoms with Gasteiger partial charge in [0.05, 0.1) is 6.10 Å². The Morgan fingerprint density at radius 3 is 2.60 bits per heavy atom. The molecule has 10 heavy (non-hydrogen) atoms. The van der Waals surface area contributed by atoms with Crippen molar-refractivity contribution >= 4 is 57.4 Å². The van der Waals surface area contributed by atoms with Gasteiger partial charge in [0.25, 0.3) is 0 Å². The second-order valence-electron chi connectivity index (χ2n) is 2.22. The second-order valence-corrected chi connectivity index (χ2v) is 2.22. The van der Waals surface area contributed by atoms with E-state index >= 15 is 0 Å². The van der Waals surface area contributed by atoms with E-state index in [0.29, 0.717) is 0 Å². The summed E-state index contributed by atoms with van der Waals surface area (Å²) in [5.74, 6) is -0.826. The zero-order chi connectivity index (χ0) is 6.85. The number of hydrogen-bond acceptors (Lipinski definition) is 2. The van der Waals surface area contributed by atoms with Gasteiger partial charge < -0.3 is 9.84 Å². The molecule has 1 N–H and O–H groups in total. The predicted molar refractivity (Wildman–Crippen MR) is 37.0 cm³/mol. The minimum absolute atomic E-state index is 0. The minimum atomic E-state index is -0.826. The molecular weight excluding hydrogens is 159 g/mol. The third-order valence-corrected chi connectivity index (χ3v) is 1.40. The Bertz CT molecular complexity index is 126. The van der Waals surface area contributed by atoms with Crippen LogP contribution in [0.2, 0.25) is 0 Å². The third-order valence-electron chi connectivity index (χ3n) is 1.40. The molecule has 4 heteroatoms. The van der Waals surface area contributed by atoms with Gasteiger partial charge in [-0.1, -0.05) is 13.3 Å². The van der Waals surface area contributed by atoms with Crippen molar-refractivity contribution in [3.8, 4) is 0 Å². The molecular formula is C6H10KO3. The molecule has 3 nitrogen and oxygen atoms in total. The Balaban J connectivity index is 0.000000810. The zero-order valence-electron chi connectivity index (χ0n) is 6.33. The van der Waals surface area contributed by atoms with Crippen molar-refractivity contribution in [1.82, 2.24) is 0 Å². The molecule has 1 rings (SSSR count). The smallest absolute Gasteiger partial charge is 0.335 e. The summed E-state index contributed by atoms with van der Waals surface area (Å²) in [5, 5.41) is 8.33. The normalized spacial score (nSPS) is 28.9. The Labute approximate surface area is 103 Å². The molecule has 0 spiro atoms. The van der Waals surface area contributed by atoms with Gasteiger partial charge in [-0.3, -0.25) is 0 Å². The fraction of sp³-hybridized carbons (Fsp3) is 0.833. The molecule has 0 aromatic carbocycles. The maximum absolute atomic E-state index is 10.1. The molecule has 1 saturated heterocycles. The summed E-state index contributed by atoms with van der Waals surface area (Å²) in [7, 11) is 0. The fourth-order valence-electron chi connectivity index (χ4n) is 0.864. The Hall–Kier alpha value is 1.07. The topological polar surface area (TPSA) is 49.8 Å². The van der Waals surface area contributed by atoms with Gasteiger partial charge >= 0.3 is 5.97 Å². The standard InChI is InChI=1S/C6H10O3.K/c1-2-3-4-5(9-4)6(7)8;/h4-5H,2-3H2,1H3,(H,7,8);/t4-,5+;/m0./s1. The van der Waals surface area contributed by atoms with Crippen LogP contribution in [0.3, 0.4) is 0 Å². The summed E-state index contributed by atoms with van der Waals surface area (Å²) in [6.45, 7) is 2.01. The molecule has 1 fully saturated rings. The first kappa shape index (κ1) is 11.1. The van der Waals surface area contributed by atoms with E-state index < -0.39 is 12.1 Å². The molecule has 2 atom stereocenters. The van der Waals surface area contributed by atoms with Crippen molar-refractivity contribution in [3.05, 3.63) is 0 Å². The van der Waals surface area contributed by atoms with Gasteiger partial charge in [-0.2, -0.15) is 0 Å². The summed E-state index contributed by atoms with van der Waals surface area (Å²) in [6.07, 6.45) is 1.38. The van der Waals surface area contributed by atoms with Crippen molar-refractivity contribution < 1.29 is 14.6 Å². The average Bonchev–Trinajstić information content (AvgIpc) is 2.47. The van der Waals surface area contributed by atoms with E-state index in [1.54, 1.807) is 0 Å². The van der Waals surface area contributed by atoms with Crippen LogP contribution in [0, 0.1) is 0 Å². The van der Waals surface area contributed by atoms with Crippen molar-refractivity contribution in [1.29, 1.82) is 0 Å². The van der Waals surface area contributed by atoms with Crippen LogP contribution in [0.1, 0.15) is 19.8 Å². The largest absolute Gasteiger partial charge is 0.479 e. The number of aliphatic carboxylic acids is 1. The maximum atomic E-state index is 10.1. The Kier molecular flexibility index (Phi) is 5.36. The number of rotatable bonds is 3. The van der Waals surface area contributed by atoms with Crippen LogP contribution in [-0.4, -0.2) is 74.7 Å².